The highest BCUT2D eigenvalue weighted by Gasteiger charge is 2.23. The highest BCUT2D eigenvalue weighted by molar-refractivity contribution is 5.76. The normalized spacial score (nSPS) is 15.3. The molecule has 0 atom stereocenters. The summed E-state index contributed by atoms with van der Waals surface area (Å²) in [6, 6.07) is 3.09. The van der Waals surface area contributed by atoms with Gasteiger partial charge in [0, 0.05) is 32.0 Å². The van der Waals surface area contributed by atoms with Gasteiger partial charge in [0.2, 0.25) is 5.91 Å². The molecule has 24 heavy (non-hydrogen) atoms. The lowest BCUT2D eigenvalue weighted by Crippen LogP contribution is -2.38. The van der Waals surface area contributed by atoms with Crippen molar-refractivity contribution in [3.05, 3.63) is 29.8 Å². The van der Waals surface area contributed by atoms with Crippen LogP contribution in [0, 0.1) is 17.6 Å². The fourth-order valence-corrected chi connectivity index (χ4v) is 2.79. The Balaban J connectivity index is 1.66. The van der Waals surface area contributed by atoms with Crippen LogP contribution in [0.1, 0.15) is 32.1 Å². The number of rotatable bonds is 7. The Hall–Kier alpha value is -2.18. The van der Waals surface area contributed by atoms with Crippen molar-refractivity contribution in [2.24, 2.45) is 5.92 Å². The molecule has 2 rings (SSSR count). The van der Waals surface area contributed by atoms with E-state index in [0.717, 1.165) is 12.1 Å². The van der Waals surface area contributed by atoms with Gasteiger partial charge in [-0.2, -0.15) is 0 Å². The number of aliphatic carboxylic acids is 1. The summed E-state index contributed by atoms with van der Waals surface area (Å²) >= 11 is 0. The second kappa shape index (κ2) is 8.61. The van der Waals surface area contributed by atoms with E-state index in [9.17, 15) is 18.4 Å². The van der Waals surface area contributed by atoms with Gasteiger partial charge in [0.25, 0.3) is 0 Å². The standard InChI is InChI=1S/C17H21F2NO4/c18-13-3-4-15(14(19)11-13)24-9-1-2-16(21)20-7-5-12(6-8-20)10-17(22)23/h3-4,11-12H,1-2,5-10H2,(H,22,23). The number of nitrogens with zero attached hydrogens (tertiary/aromatic N) is 1. The molecule has 1 aromatic carbocycles. The maximum absolute atomic E-state index is 13.4. The molecule has 1 aliphatic rings. The number of hydrogen-bond acceptors (Lipinski definition) is 3. The Morgan fingerprint density at radius 2 is 1.96 bits per heavy atom. The molecule has 0 aliphatic carbocycles. The number of ether oxygens (including phenoxy) is 1. The lowest BCUT2D eigenvalue weighted by molar-refractivity contribution is -0.138. The van der Waals surface area contributed by atoms with Gasteiger partial charge in [-0.1, -0.05) is 0 Å². The predicted molar refractivity (Wildman–Crippen MR) is 82.6 cm³/mol. The van der Waals surface area contributed by atoms with Crippen molar-refractivity contribution in [3.8, 4) is 5.75 Å². The van der Waals surface area contributed by atoms with Gasteiger partial charge in [-0.15, -0.1) is 0 Å². The Labute approximate surface area is 139 Å². The quantitative estimate of drug-likeness (QED) is 0.775. The van der Waals surface area contributed by atoms with Gasteiger partial charge in [-0.05, 0) is 37.3 Å². The van der Waals surface area contributed by atoms with E-state index in [0.29, 0.717) is 32.4 Å². The number of amides is 1. The number of hydrogen-bond donors (Lipinski definition) is 1. The Kier molecular flexibility index (Phi) is 6.52. The summed E-state index contributed by atoms with van der Waals surface area (Å²) in [7, 11) is 0. The van der Waals surface area contributed by atoms with Crippen LogP contribution in [0.4, 0.5) is 8.78 Å². The third kappa shape index (κ3) is 5.47. The van der Waals surface area contributed by atoms with Gasteiger partial charge in [0.15, 0.2) is 11.6 Å². The third-order valence-electron chi connectivity index (χ3n) is 4.12. The number of likely N-dealkylation sites (tertiary alicyclic amines) is 1. The van der Waals surface area contributed by atoms with E-state index in [4.69, 9.17) is 9.84 Å². The average Bonchev–Trinajstić information content (AvgIpc) is 2.53. The molecule has 1 aliphatic heterocycles. The van der Waals surface area contributed by atoms with Crippen molar-refractivity contribution in [2.75, 3.05) is 19.7 Å². The number of benzene rings is 1. The summed E-state index contributed by atoms with van der Waals surface area (Å²) in [6.07, 6.45) is 2.28. The number of halogens is 2. The number of piperidine rings is 1. The highest BCUT2D eigenvalue weighted by atomic mass is 19.1. The van der Waals surface area contributed by atoms with E-state index >= 15 is 0 Å². The minimum atomic E-state index is -0.801. The SMILES string of the molecule is O=C(O)CC1CCN(C(=O)CCCOc2ccc(F)cc2F)CC1. The van der Waals surface area contributed by atoms with Gasteiger partial charge >= 0.3 is 5.97 Å². The van der Waals surface area contributed by atoms with Gasteiger partial charge in [-0.25, -0.2) is 8.78 Å². The fraction of sp³-hybridized carbons (Fsp3) is 0.529. The highest BCUT2D eigenvalue weighted by Crippen LogP contribution is 2.21. The van der Waals surface area contributed by atoms with Crippen LogP contribution in [-0.4, -0.2) is 41.6 Å². The summed E-state index contributed by atoms with van der Waals surface area (Å²) in [5.74, 6) is -2.13. The number of carbonyl (C=O) groups is 2. The number of carbonyl (C=O) groups excluding carboxylic acids is 1. The van der Waals surface area contributed by atoms with Crippen molar-refractivity contribution < 1.29 is 28.2 Å². The summed E-state index contributed by atoms with van der Waals surface area (Å²) in [4.78, 5) is 24.5. The second-order valence-electron chi connectivity index (χ2n) is 5.95. The molecule has 1 amide bonds. The third-order valence-corrected chi connectivity index (χ3v) is 4.12. The van der Waals surface area contributed by atoms with E-state index < -0.39 is 17.6 Å². The molecule has 0 bridgehead atoms. The van der Waals surface area contributed by atoms with Crippen molar-refractivity contribution in [2.45, 2.75) is 32.1 Å². The molecule has 1 fully saturated rings. The molecular weight excluding hydrogens is 320 g/mol. The molecule has 0 spiro atoms. The summed E-state index contributed by atoms with van der Waals surface area (Å²) in [6.45, 7) is 1.32. The van der Waals surface area contributed by atoms with Gasteiger partial charge in [-0.3, -0.25) is 9.59 Å². The first-order valence-electron chi connectivity index (χ1n) is 8.03. The van der Waals surface area contributed by atoms with Crippen LogP contribution in [0.2, 0.25) is 0 Å². The minimum Gasteiger partial charge on any atom is -0.491 e. The molecular formula is C17H21F2NO4. The van der Waals surface area contributed by atoms with Crippen molar-refractivity contribution in [3.63, 3.8) is 0 Å². The van der Waals surface area contributed by atoms with Crippen LogP contribution >= 0.6 is 0 Å². The molecule has 7 heteroatoms. The first kappa shape index (κ1) is 18.2. The van der Waals surface area contributed by atoms with Gasteiger partial charge in [0.05, 0.1) is 6.61 Å². The molecule has 1 N–H and O–H groups in total. The molecule has 1 aromatic rings. The molecule has 0 saturated carbocycles. The monoisotopic (exact) mass is 341 g/mol. The number of carboxylic acids is 1. The van der Waals surface area contributed by atoms with E-state index in [2.05, 4.69) is 0 Å². The lowest BCUT2D eigenvalue weighted by Gasteiger charge is -2.31. The average molecular weight is 341 g/mol. The largest absolute Gasteiger partial charge is 0.491 e. The maximum atomic E-state index is 13.4. The van der Waals surface area contributed by atoms with Gasteiger partial charge < -0.3 is 14.7 Å². The molecule has 1 heterocycles. The smallest absolute Gasteiger partial charge is 0.303 e. The molecule has 1 saturated heterocycles. The molecule has 0 unspecified atom stereocenters. The van der Waals surface area contributed by atoms with Crippen molar-refractivity contribution in [1.29, 1.82) is 0 Å². The van der Waals surface area contributed by atoms with E-state index in [1.165, 1.54) is 6.07 Å². The summed E-state index contributed by atoms with van der Waals surface area (Å²) < 4.78 is 31.4. The van der Waals surface area contributed by atoms with E-state index in [1.54, 1.807) is 4.90 Å². The Morgan fingerprint density at radius 1 is 1.25 bits per heavy atom. The zero-order chi connectivity index (χ0) is 17.5. The molecule has 132 valence electrons. The Bertz CT molecular complexity index is 586. The van der Waals surface area contributed by atoms with Crippen LogP contribution in [0.25, 0.3) is 0 Å². The van der Waals surface area contributed by atoms with Crippen LogP contribution in [0.15, 0.2) is 18.2 Å². The fourth-order valence-electron chi connectivity index (χ4n) is 2.79. The van der Waals surface area contributed by atoms with Crippen LogP contribution in [0.5, 0.6) is 5.75 Å². The first-order valence-corrected chi connectivity index (χ1v) is 8.03. The van der Waals surface area contributed by atoms with Crippen molar-refractivity contribution >= 4 is 11.9 Å². The number of carboxylic acid groups (broad SMARTS) is 1. The molecule has 5 nitrogen and oxygen atoms in total. The Morgan fingerprint density at radius 3 is 2.58 bits per heavy atom. The van der Waals surface area contributed by atoms with Crippen molar-refractivity contribution in [1.82, 2.24) is 4.90 Å². The summed E-state index contributed by atoms with van der Waals surface area (Å²) in [5, 5.41) is 8.77. The van der Waals surface area contributed by atoms with Crippen LogP contribution in [0.3, 0.4) is 0 Å². The molecule has 0 aromatic heterocycles. The zero-order valence-electron chi connectivity index (χ0n) is 13.3. The van der Waals surface area contributed by atoms with Gasteiger partial charge in [0.1, 0.15) is 5.82 Å². The first-order chi connectivity index (χ1) is 11.5. The molecule has 0 radical (unpaired) electrons. The van der Waals surface area contributed by atoms with Crippen LogP contribution in [-0.2, 0) is 9.59 Å². The maximum Gasteiger partial charge on any atom is 0.303 e. The summed E-state index contributed by atoms with van der Waals surface area (Å²) in [5.41, 5.74) is 0. The predicted octanol–water partition coefficient (Wildman–Crippen LogP) is 2.84. The van der Waals surface area contributed by atoms with E-state index in [1.807, 2.05) is 0 Å². The topological polar surface area (TPSA) is 66.8 Å². The second-order valence-corrected chi connectivity index (χ2v) is 5.95. The van der Waals surface area contributed by atoms with E-state index in [-0.39, 0.29) is 37.0 Å². The zero-order valence-corrected chi connectivity index (χ0v) is 13.3. The van der Waals surface area contributed by atoms with Crippen LogP contribution < -0.4 is 4.74 Å². The lowest BCUT2D eigenvalue weighted by atomic mass is 9.93. The minimum absolute atomic E-state index is 0.00745.